The molecule has 0 aromatic heterocycles. The third-order valence-electron chi connectivity index (χ3n) is 1.63. The quantitative estimate of drug-likeness (QED) is 0.425. The molecule has 7 heavy (non-hydrogen) atoms. The Labute approximate surface area is 47.9 Å². The van der Waals surface area contributed by atoms with E-state index >= 15 is 0 Å². The number of hydrogen-bond acceptors (Lipinski definition) is 0. The molecular formula is C6H13P. The lowest BCUT2D eigenvalue weighted by Crippen LogP contribution is -2.32. The van der Waals surface area contributed by atoms with Crippen LogP contribution in [-0.2, 0) is 0 Å². The lowest BCUT2D eigenvalue weighted by atomic mass is 9.76. The lowest BCUT2D eigenvalue weighted by Gasteiger charge is -2.40. The third-order valence-corrected chi connectivity index (χ3v) is 2.10. The summed E-state index contributed by atoms with van der Waals surface area (Å²) in [5.74, 6) is 0.988. The van der Waals surface area contributed by atoms with Gasteiger partial charge in [-0.05, 0) is 23.9 Å². The van der Waals surface area contributed by atoms with E-state index in [2.05, 4.69) is 23.1 Å². The van der Waals surface area contributed by atoms with Crippen LogP contribution in [0, 0.1) is 5.92 Å². The van der Waals surface area contributed by atoms with Crippen LogP contribution in [0.25, 0.3) is 0 Å². The highest BCUT2D eigenvalue weighted by Gasteiger charge is 2.32. The Morgan fingerprint density at radius 3 is 2.00 bits per heavy atom. The van der Waals surface area contributed by atoms with Crippen LogP contribution >= 0.6 is 9.24 Å². The molecule has 0 aromatic rings. The van der Waals surface area contributed by atoms with Gasteiger partial charge in [-0.3, -0.25) is 0 Å². The molecule has 0 aliphatic heterocycles. The second kappa shape index (κ2) is 1.45. The van der Waals surface area contributed by atoms with E-state index in [1.54, 1.807) is 0 Å². The Kier molecular flexibility index (Phi) is 1.15. The van der Waals surface area contributed by atoms with E-state index in [-0.39, 0.29) is 0 Å². The van der Waals surface area contributed by atoms with Crippen LogP contribution in [0.15, 0.2) is 0 Å². The zero-order chi connectivity index (χ0) is 5.49. The molecule has 1 unspecified atom stereocenters. The first-order chi connectivity index (χ1) is 3.10. The Morgan fingerprint density at radius 2 is 2.00 bits per heavy atom. The lowest BCUT2D eigenvalue weighted by molar-refractivity contribution is 0.269. The Hall–Kier alpha value is 0.430. The van der Waals surface area contributed by atoms with Gasteiger partial charge in [0, 0.05) is 0 Å². The van der Waals surface area contributed by atoms with Crippen molar-refractivity contribution >= 4 is 9.24 Å². The molecule has 1 heteroatoms. The van der Waals surface area contributed by atoms with E-state index in [0.717, 1.165) is 5.92 Å². The van der Waals surface area contributed by atoms with Gasteiger partial charge >= 0.3 is 0 Å². The van der Waals surface area contributed by atoms with Crippen LogP contribution in [0.2, 0.25) is 0 Å². The maximum atomic E-state index is 2.90. The summed E-state index contributed by atoms with van der Waals surface area (Å²) in [5.41, 5.74) is 0. The van der Waals surface area contributed by atoms with Crippen LogP contribution in [-0.4, -0.2) is 5.16 Å². The van der Waals surface area contributed by atoms with E-state index in [1.165, 1.54) is 12.8 Å². The molecule has 0 N–H and O–H groups in total. The van der Waals surface area contributed by atoms with Gasteiger partial charge in [0.1, 0.15) is 0 Å². The minimum absolute atomic E-state index is 0.611. The first-order valence-electron chi connectivity index (χ1n) is 2.89. The van der Waals surface area contributed by atoms with Gasteiger partial charge in [-0.25, -0.2) is 0 Å². The number of hydrogen-bond donors (Lipinski definition) is 0. The summed E-state index contributed by atoms with van der Waals surface area (Å²) in [7, 11) is 2.90. The van der Waals surface area contributed by atoms with Crippen molar-refractivity contribution in [3.05, 3.63) is 0 Å². The highest BCUT2D eigenvalue weighted by atomic mass is 31.0. The van der Waals surface area contributed by atoms with Crippen molar-refractivity contribution in [2.24, 2.45) is 5.92 Å². The largest absolute Gasteiger partial charge is 0.131 e. The van der Waals surface area contributed by atoms with E-state index in [1.807, 2.05) is 0 Å². The molecule has 0 heterocycles. The highest BCUT2D eigenvalue weighted by molar-refractivity contribution is 7.19. The van der Waals surface area contributed by atoms with Gasteiger partial charge in [-0.15, -0.1) is 9.24 Å². The Balaban J connectivity index is 2.29. The molecule has 1 aliphatic rings. The molecule has 1 aliphatic carbocycles. The van der Waals surface area contributed by atoms with Gasteiger partial charge in [0.2, 0.25) is 0 Å². The Morgan fingerprint density at radius 1 is 1.57 bits per heavy atom. The average Bonchev–Trinajstić information content (AvgIpc) is 1.27. The second-order valence-corrected chi connectivity index (χ2v) is 4.56. The van der Waals surface area contributed by atoms with Crippen molar-refractivity contribution in [1.82, 2.24) is 0 Å². The van der Waals surface area contributed by atoms with Gasteiger partial charge in [0.15, 0.2) is 0 Å². The smallest absolute Gasteiger partial charge is 0.0173 e. The van der Waals surface area contributed by atoms with E-state index in [0.29, 0.717) is 5.16 Å². The van der Waals surface area contributed by atoms with Gasteiger partial charge < -0.3 is 0 Å². The fourth-order valence-electron chi connectivity index (χ4n) is 1.53. The summed E-state index contributed by atoms with van der Waals surface area (Å²) in [6.45, 7) is 4.61. The van der Waals surface area contributed by atoms with Crippen molar-refractivity contribution < 1.29 is 0 Å². The molecule has 0 radical (unpaired) electrons. The predicted molar refractivity (Wildman–Crippen MR) is 36.5 cm³/mol. The van der Waals surface area contributed by atoms with Gasteiger partial charge in [-0.1, -0.05) is 13.8 Å². The molecule has 0 aromatic carbocycles. The van der Waals surface area contributed by atoms with Crippen LogP contribution in [0.5, 0.6) is 0 Å². The zero-order valence-electron chi connectivity index (χ0n) is 5.07. The first kappa shape index (κ1) is 5.56. The van der Waals surface area contributed by atoms with Crippen LogP contribution < -0.4 is 0 Å². The molecule has 0 nitrogen and oxygen atoms in total. The molecular weight excluding hydrogens is 103 g/mol. The molecule has 42 valence electrons. The topological polar surface area (TPSA) is 0 Å². The molecule has 0 saturated heterocycles. The molecule has 1 atom stereocenters. The van der Waals surface area contributed by atoms with Crippen molar-refractivity contribution in [2.75, 3.05) is 0 Å². The van der Waals surface area contributed by atoms with Crippen molar-refractivity contribution in [3.8, 4) is 0 Å². The fraction of sp³-hybridized carbons (Fsp3) is 1.00. The monoisotopic (exact) mass is 116 g/mol. The summed E-state index contributed by atoms with van der Waals surface area (Å²) >= 11 is 0. The third kappa shape index (κ3) is 1.16. The Bertz CT molecular complexity index is 68.2. The summed E-state index contributed by atoms with van der Waals surface area (Å²) < 4.78 is 0. The fourth-order valence-corrected chi connectivity index (χ4v) is 2.34. The molecule has 0 amide bonds. The number of rotatable bonds is 0. The summed E-state index contributed by atoms with van der Waals surface area (Å²) in [6, 6.07) is 0. The van der Waals surface area contributed by atoms with Gasteiger partial charge in [0.25, 0.3) is 0 Å². The van der Waals surface area contributed by atoms with E-state index in [4.69, 9.17) is 0 Å². The van der Waals surface area contributed by atoms with E-state index < -0.39 is 0 Å². The SMILES string of the molecule is CC1CC(C)(P)C1. The molecule has 0 spiro atoms. The van der Waals surface area contributed by atoms with Crippen molar-refractivity contribution in [3.63, 3.8) is 0 Å². The van der Waals surface area contributed by atoms with Gasteiger partial charge in [0.05, 0.1) is 0 Å². The molecule has 1 rings (SSSR count). The van der Waals surface area contributed by atoms with E-state index in [9.17, 15) is 0 Å². The first-order valence-corrected chi connectivity index (χ1v) is 3.47. The van der Waals surface area contributed by atoms with Crippen LogP contribution in [0.1, 0.15) is 26.7 Å². The summed E-state index contributed by atoms with van der Waals surface area (Å²) in [5, 5.41) is 0.611. The highest BCUT2D eigenvalue weighted by Crippen LogP contribution is 2.43. The molecule has 1 saturated carbocycles. The standard InChI is InChI=1S/C6H13P/c1-5-3-6(2,7)4-5/h5H,3-4,7H2,1-2H3. The molecule has 0 bridgehead atoms. The summed E-state index contributed by atoms with van der Waals surface area (Å²) in [4.78, 5) is 0. The summed E-state index contributed by atoms with van der Waals surface area (Å²) in [6.07, 6.45) is 2.80. The molecule has 1 fully saturated rings. The van der Waals surface area contributed by atoms with Crippen molar-refractivity contribution in [2.45, 2.75) is 31.8 Å². The minimum atomic E-state index is 0.611. The van der Waals surface area contributed by atoms with Gasteiger partial charge in [-0.2, -0.15) is 0 Å². The van der Waals surface area contributed by atoms with Crippen molar-refractivity contribution in [1.29, 1.82) is 0 Å². The van der Waals surface area contributed by atoms with Crippen LogP contribution in [0.3, 0.4) is 0 Å². The average molecular weight is 116 g/mol. The minimum Gasteiger partial charge on any atom is -0.131 e. The predicted octanol–water partition coefficient (Wildman–Crippen LogP) is 2.05. The maximum absolute atomic E-state index is 2.90. The maximum Gasteiger partial charge on any atom is -0.0173 e. The normalized spacial score (nSPS) is 51.0. The second-order valence-electron chi connectivity index (χ2n) is 3.17. The van der Waals surface area contributed by atoms with Crippen LogP contribution in [0.4, 0.5) is 0 Å². The zero-order valence-corrected chi connectivity index (χ0v) is 6.22.